The van der Waals surface area contributed by atoms with E-state index in [1.807, 2.05) is 11.4 Å². The quantitative estimate of drug-likeness (QED) is 0.737. The zero-order valence-corrected chi connectivity index (χ0v) is 10.2. The van der Waals surface area contributed by atoms with Gasteiger partial charge in [0.25, 0.3) is 0 Å². The van der Waals surface area contributed by atoms with Crippen molar-refractivity contribution in [2.24, 2.45) is 0 Å². The molecule has 1 nitrogen and oxygen atoms in total. The lowest BCUT2D eigenvalue weighted by molar-refractivity contribution is 0.103. The summed E-state index contributed by atoms with van der Waals surface area (Å²) in [5, 5.41) is 1.95. The average molecular weight is 271 g/mol. The summed E-state index contributed by atoms with van der Waals surface area (Å²) >= 11 is 4.88. The summed E-state index contributed by atoms with van der Waals surface area (Å²) in [4.78, 5) is 12.8. The van der Waals surface area contributed by atoms with Gasteiger partial charge in [-0.15, -0.1) is 11.3 Å². The zero-order valence-electron chi connectivity index (χ0n) is 7.75. The fourth-order valence-electron chi connectivity index (χ4n) is 1.63. The monoisotopic (exact) mass is 270 g/mol. The van der Waals surface area contributed by atoms with Crippen LogP contribution in [-0.4, -0.2) is 5.78 Å². The summed E-state index contributed by atoms with van der Waals surface area (Å²) in [6, 6.07) is 1.91. The molecule has 1 aromatic heterocycles. The molecular weight excluding hydrogens is 260 g/mol. The van der Waals surface area contributed by atoms with Crippen molar-refractivity contribution in [3.05, 3.63) is 32.4 Å². The molecule has 0 saturated heterocycles. The predicted molar refractivity (Wildman–Crippen MR) is 62.9 cm³/mol. The summed E-state index contributed by atoms with van der Waals surface area (Å²) < 4.78 is 1.00. The summed E-state index contributed by atoms with van der Waals surface area (Å²) in [6.07, 6.45) is 6.50. The summed E-state index contributed by atoms with van der Waals surface area (Å²) in [5.74, 6) is 0.223. The molecule has 0 aliphatic heterocycles. The molecule has 0 unspecified atom stereocenters. The van der Waals surface area contributed by atoms with Crippen LogP contribution in [0.1, 0.15) is 35.4 Å². The largest absolute Gasteiger partial charge is 0.288 e. The Balaban J connectivity index is 2.19. The first-order valence-corrected chi connectivity index (χ1v) is 6.42. The van der Waals surface area contributed by atoms with Crippen molar-refractivity contribution < 1.29 is 4.79 Å². The van der Waals surface area contributed by atoms with Crippen LogP contribution in [0.5, 0.6) is 0 Å². The Bertz CT molecular complexity index is 378. The third-order valence-corrected chi connectivity index (χ3v) is 4.06. The van der Waals surface area contributed by atoms with Gasteiger partial charge < -0.3 is 0 Å². The highest BCUT2D eigenvalue weighted by atomic mass is 79.9. The lowest BCUT2D eigenvalue weighted by atomic mass is 9.96. The van der Waals surface area contributed by atoms with Crippen LogP contribution in [0.3, 0.4) is 0 Å². The molecule has 1 heterocycles. The van der Waals surface area contributed by atoms with Crippen LogP contribution in [0.15, 0.2) is 27.6 Å². The molecule has 0 N–H and O–H groups in total. The number of ketones is 1. The molecule has 1 aromatic rings. The first kappa shape index (κ1) is 10.1. The van der Waals surface area contributed by atoms with Gasteiger partial charge >= 0.3 is 0 Å². The Hall–Kier alpha value is -0.410. The highest BCUT2D eigenvalue weighted by molar-refractivity contribution is 9.10. The minimum atomic E-state index is 0.223. The van der Waals surface area contributed by atoms with Crippen molar-refractivity contribution in [1.29, 1.82) is 0 Å². The van der Waals surface area contributed by atoms with Gasteiger partial charge in [-0.25, -0.2) is 0 Å². The van der Waals surface area contributed by atoms with E-state index < -0.39 is 0 Å². The molecule has 0 aromatic carbocycles. The van der Waals surface area contributed by atoms with Gasteiger partial charge in [-0.2, -0.15) is 0 Å². The van der Waals surface area contributed by atoms with Gasteiger partial charge in [-0.05, 0) is 53.3 Å². The minimum absolute atomic E-state index is 0.223. The maximum absolute atomic E-state index is 11.9. The van der Waals surface area contributed by atoms with Crippen LogP contribution in [0.2, 0.25) is 0 Å². The Kier molecular flexibility index (Phi) is 3.19. The predicted octanol–water partition coefficient (Wildman–Crippen LogP) is 4.19. The fourth-order valence-corrected chi connectivity index (χ4v) is 3.04. The van der Waals surface area contributed by atoms with E-state index in [0.29, 0.717) is 0 Å². The van der Waals surface area contributed by atoms with Crippen molar-refractivity contribution in [2.45, 2.75) is 25.7 Å². The van der Waals surface area contributed by atoms with E-state index in [2.05, 4.69) is 22.0 Å². The van der Waals surface area contributed by atoms with Crippen molar-refractivity contribution in [1.82, 2.24) is 0 Å². The molecule has 0 saturated carbocycles. The number of rotatable bonds is 2. The fraction of sp³-hybridized carbons (Fsp3) is 0.364. The van der Waals surface area contributed by atoms with E-state index in [1.165, 1.54) is 17.8 Å². The van der Waals surface area contributed by atoms with Crippen LogP contribution in [0.25, 0.3) is 0 Å². The highest BCUT2D eigenvalue weighted by Crippen LogP contribution is 2.26. The van der Waals surface area contributed by atoms with Gasteiger partial charge in [0.1, 0.15) is 0 Å². The van der Waals surface area contributed by atoms with E-state index in [0.717, 1.165) is 34.2 Å². The molecule has 1 aliphatic rings. The van der Waals surface area contributed by atoms with Crippen molar-refractivity contribution in [2.75, 3.05) is 0 Å². The number of allylic oxidation sites excluding steroid dienone is 2. The van der Waals surface area contributed by atoms with Gasteiger partial charge in [0.15, 0.2) is 5.78 Å². The molecule has 0 amide bonds. The molecule has 3 heteroatoms. The van der Waals surface area contributed by atoms with E-state index in [1.54, 1.807) is 0 Å². The van der Waals surface area contributed by atoms with Crippen LogP contribution < -0.4 is 0 Å². The first-order valence-electron chi connectivity index (χ1n) is 4.75. The molecule has 14 heavy (non-hydrogen) atoms. The van der Waals surface area contributed by atoms with Gasteiger partial charge in [0.05, 0.1) is 4.88 Å². The normalized spacial score (nSPS) is 16.5. The molecule has 0 bridgehead atoms. The Labute approximate surface area is 96.0 Å². The number of hydrogen-bond acceptors (Lipinski definition) is 2. The van der Waals surface area contributed by atoms with Crippen LogP contribution in [-0.2, 0) is 0 Å². The number of carbonyl (C=O) groups is 1. The van der Waals surface area contributed by atoms with Crippen molar-refractivity contribution in [3.63, 3.8) is 0 Å². The van der Waals surface area contributed by atoms with E-state index >= 15 is 0 Å². The maximum atomic E-state index is 11.9. The average Bonchev–Trinajstić information content (AvgIpc) is 2.65. The molecule has 1 aliphatic carbocycles. The smallest absolute Gasteiger partial charge is 0.198 e. The van der Waals surface area contributed by atoms with Crippen molar-refractivity contribution >= 4 is 33.0 Å². The summed E-state index contributed by atoms with van der Waals surface area (Å²) in [6.45, 7) is 0. The van der Waals surface area contributed by atoms with E-state index in [4.69, 9.17) is 0 Å². The van der Waals surface area contributed by atoms with Crippen LogP contribution >= 0.6 is 27.3 Å². The van der Waals surface area contributed by atoms with Gasteiger partial charge in [0, 0.05) is 9.85 Å². The van der Waals surface area contributed by atoms with Gasteiger partial charge in [-0.3, -0.25) is 4.79 Å². The molecule has 0 atom stereocenters. The molecule has 0 fully saturated rings. The molecular formula is C11H11BrOS. The SMILES string of the molecule is O=C(C1=CCCCC1)c1cc(Br)cs1. The van der Waals surface area contributed by atoms with Gasteiger partial charge in [-0.1, -0.05) is 6.08 Å². The van der Waals surface area contributed by atoms with E-state index in [9.17, 15) is 4.79 Å². The number of carbonyl (C=O) groups excluding carboxylic acids is 1. The van der Waals surface area contributed by atoms with Crippen LogP contribution in [0.4, 0.5) is 0 Å². The highest BCUT2D eigenvalue weighted by Gasteiger charge is 2.15. The second-order valence-corrected chi connectivity index (χ2v) is 5.26. The van der Waals surface area contributed by atoms with Crippen LogP contribution in [0, 0.1) is 0 Å². The topological polar surface area (TPSA) is 17.1 Å². The standard InChI is InChI=1S/C11H11BrOS/c12-9-6-10(14-7-9)11(13)8-4-2-1-3-5-8/h4,6-7H,1-3,5H2. The lowest BCUT2D eigenvalue weighted by Crippen LogP contribution is -2.04. The minimum Gasteiger partial charge on any atom is -0.288 e. The maximum Gasteiger partial charge on any atom is 0.198 e. The number of thiophene rings is 1. The summed E-state index contributed by atoms with van der Waals surface area (Å²) in [5.41, 5.74) is 1.01. The molecule has 2 rings (SSSR count). The first-order chi connectivity index (χ1) is 6.77. The van der Waals surface area contributed by atoms with E-state index in [-0.39, 0.29) is 5.78 Å². The molecule has 0 spiro atoms. The third-order valence-electron chi connectivity index (χ3n) is 2.37. The number of hydrogen-bond donors (Lipinski definition) is 0. The lowest BCUT2D eigenvalue weighted by Gasteiger charge is -2.09. The number of halogens is 1. The summed E-state index contributed by atoms with van der Waals surface area (Å²) in [7, 11) is 0. The third kappa shape index (κ3) is 2.15. The van der Waals surface area contributed by atoms with Gasteiger partial charge in [0.2, 0.25) is 0 Å². The number of Topliss-reactive ketones (excluding diaryl/α,β-unsaturated/α-hetero) is 1. The Morgan fingerprint density at radius 2 is 2.29 bits per heavy atom. The molecule has 74 valence electrons. The van der Waals surface area contributed by atoms with Crippen molar-refractivity contribution in [3.8, 4) is 0 Å². The Morgan fingerprint density at radius 1 is 1.43 bits per heavy atom. The zero-order chi connectivity index (χ0) is 9.97. The second-order valence-electron chi connectivity index (χ2n) is 3.43. The Morgan fingerprint density at radius 3 is 2.86 bits per heavy atom. The second kappa shape index (κ2) is 4.41. The molecule has 0 radical (unpaired) electrons.